The third-order valence-corrected chi connectivity index (χ3v) is 5.42. The summed E-state index contributed by atoms with van der Waals surface area (Å²) in [5.74, 6) is -0.487. The fraction of sp³-hybridized carbons (Fsp3) is 0.611. The van der Waals surface area contributed by atoms with E-state index in [0.717, 1.165) is 13.0 Å². The SMILES string of the molecule is Cc1ccc(C(C)N2CCC(C(=O)O)(C(C)C)C2)cc1C. The average Bonchev–Trinajstić information content (AvgIpc) is 2.87. The summed E-state index contributed by atoms with van der Waals surface area (Å²) in [5, 5.41) is 9.66. The van der Waals surface area contributed by atoms with E-state index in [1.54, 1.807) is 0 Å². The van der Waals surface area contributed by atoms with Gasteiger partial charge in [-0.05, 0) is 56.3 Å². The van der Waals surface area contributed by atoms with Crippen molar-refractivity contribution in [1.82, 2.24) is 4.90 Å². The molecular formula is C18H27NO2. The highest BCUT2D eigenvalue weighted by atomic mass is 16.4. The third kappa shape index (κ3) is 2.84. The zero-order valence-electron chi connectivity index (χ0n) is 13.8. The van der Waals surface area contributed by atoms with Gasteiger partial charge < -0.3 is 5.11 Å². The quantitative estimate of drug-likeness (QED) is 0.916. The molecular weight excluding hydrogens is 262 g/mol. The van der Waals surface area contributed by atoms with E-state index in [2.05, 4.69) is 43.9 Å². The van der Waals surface area contributed by atoms with Crippen LogP contribution in [0.15, 0.2) is 18.2 Å². The summed E-state index contributed by atoms with van der Waals surface area (Å²) in [5.41, 5.74) is 3.29. The van der Waals surface area contributed by atoms with Crippen molar-refractivity contribution < 1.29 is 9.90 Å². The maximum absolute atomic E-state index is 11.7. The summed E-state index contributed by atoms with van der Waals surface area (Å²) in [6, 6.07) is 6.83. The molecule has 2 atom stereocenters. The summed E-state index contributed by atoms with van der Waals surface area (Å²) in [6.45, 7) is 12.0. The van der Waals surface area contributed by atoms with Crippen LogP contribution in [0.25, 0.3) is 0 Å². The second kappa shape index (κ2) is 5.80. The van der Waals surface area contributed by atoms with E-state index in [1.165, 1.54) is 16.7 Å². The van der Waals surface area contributed by atoms with Crippen LogP contribution in [0.2, 0.25) is 0 Å². The molecule has 0 saturated carbocycles. The first kappa shape index (κ1) is 16.0. The van der Waals surface area contributed by atoms with Gasteiger partial charge in [0.05, 0.1) is 5.41 Å². The van der Waals surface area contributed by atoms with Gasteiger partial charge in [0.1, 0.15) is 0 Å². The number of nitrogens with zero attached hydrogens (tertiary/aromatic N) is 1. The molecule has 1 aromatic rings. The highest BCUT2D eigenvalue weighted by molar-refractivity contribution is 5.75. The summed E-state index contributed by atoms with van der Waals surface area (Å²) < 4.78 is 0. The van der Waals surface area contributed by atoms with E-state index in [4.69, 9.17) is 0 Å². The number of benzene rings is 1. The number of likely N-dealkylation sites (tertiary alicyclic amines) is 1. The van der Waals surface area contributed by atoms with E-state index >= 15 is 0 Å². The molecule has 21 heavy (non-hydrogen) atoms. The van der Waals surface area contributed by atoms with Gasteiger partial charge in [0.15, 0.2) is 0 Å². The smallest absolute Gasteiger partial charge is 0.311 e. The van der Waals surface area contributed by atoms with Crippen LogP contribution in [0.3, 0.4) is 0 Å². The van der Waals surface area contributed by atoms with Crippen molar-refractivity contribution in [2.75, 3.05) is 13.1 Å². The molecule has 3 nitrogen and oxygen atoms in total. The minimum atomic E-state index is -0.646. The van der Waals surface area contributed by atoms with Crippen molar-refractivity contribution in [3.8, 4) is 0 Å². The molecule has 1 fully saturated rings. The van der Waals surface area contributed by atoms with Gasteiger partial charge >= 0.3 is 5.97 Å². The van der Waals surface area contributed by atoms with Crippen molar-refractivity contribution in [2.24, 2.45) is 11.3 Å². The predicted molar refractivity (Wildman–Crippen MR) is 85.4 cm³/mol. The summed E-state index contributed by atoms with van der Waals surface area (Å²) in [7, 11) is 0. The van der Waals surface area contributed by atoms with Crippen LogP contribution in [0.1, 0.15) is 49.9 Å². The van der Waals surface area contributed by atoms with Crippen molar-refractivity contribution in [3.63, 3.8) is 0 Å². The van der Waals surface area contributed by atoms with E-state index in [0.29, 0.717) is 6.54 Å². The molecule has 0 aromatic heterocycles. The number of rotatable bonds is 4. The average molecular weight is 289 g/mol. The van der Waals surface area contributed by atoms with Crippen LogP contribution in [0.5, 0.6) is 0 Å². The van der Waals surface area contributed by atoms with Crippen molar-refractivity contribution in [3.05, 3.63) is 34.9 Å². The molecule has 1 aliphatic heterocycles. The van der Waals surface area contributed by atoms with Crippen molar-refractivity contribution in [1.29, 1.82) is 0 Å². The lowest BCUT2D eigenvalue weighted by molar-refractivity contribution is -0.151. The van der Waals surface area contributed by atoms with Crippen molar-refractivity contribution >= 4 is 5.97 Å². The third-order valence-electron chi connectivity index (χ3n) is 5.42. The molecule has 2 unspecified atom stereocenters. The molecule has 3 heteroatoms. The Morgan fingerprint density at radius 3 is 2.38 bits per heavy atom. The highest BCUT2D eigenvalue weighted by Crippen LogP contribution is 2.41. The summed E-state index contributed by atoms with van der Waals surface area (Å²) >= 11 is 0. The predicted octanol–water partition coefficient (Wildman–Crippen LogP) is 3.80. The second-order valence-electron chi connectivity index (χ2n) is 6.86. The number of hydrogen-bond acceptors (Lipinski definition) is 2. The van der Waals surface area contributed by atoms with Crippen LogP contribution in [0, 0.1) is 25.2 Å². The van der Waals surface area contributed by atoms with E-state index < -0.39 is 11.4 Å². The van der Waals surface area contributed by atoms with Crippen LogP contribution in [0.4, 0.5) is 0 Å². The molecule has 0 bridgehead atoms. The molecule has 2 rings (SSSR count). The zero-order chi connectivity index (χ0) is 15.8. The lowest BCUT2D eigenvalue weighted by atomic mass is 9.76. The fourth-order valence-electron chi connectivity index (χ4n) is 3.32. The highest BCUT2D eigenvalue weighted by Gasteiger charge is 2.48. The van der Waals surface area contributed by atoms with Crippen LogP contribution < -0.4 is 0 Å². The molecule has 1 aliphatic rings. The summed E-state index contributed by atoms with van der Waals surface area (Å²) in [6.07, 6.45) is 0.745. The number of carboxylic acid groups (broad SMARTS) is 1. The molecule has 1 N–H and O–H groups in total. The second-order valence-corrected chi connectivity index (χ2v) is 6.86. The van der Waals surface area contributed by atoms with E-state index in [-0.39, 0.29) is 12.0 Å². The van der Waals surface area contributed by atoms with E-state index in [1.807, 2.05) is 13.8 Å². The fourth-order valence-corrected chi connectivity index (χ4v) is 3.32. The molecule has 0 aliphatic carbocycles. The Kier molecular flexibility index (Phi) is 4.43. The molecule has 116 valence electrons. The monoisotopic (exact) mass is 289 g/mol. The van der Waals surface area contributed by atoms with Crippen LogP contribution in [-0.4, -0.2) is 29.1 Å². The molecule has 1 aromatic carbocycles. The normalized spacial score (nSPS) is 24.5. The Hall–Kier alpha value is -1.35. The van der Waals surface area contributed by atoms with Crippen LogP contribution in [-0.2, 0) is 4.79 Å². The van der Waals surface area contributed by atoms with Gasteiger partial charge in [-0.2, -0.15) is 0 Å². The molecule has 1 heterocycles. The first-order chi connectivity index (χ1) is 9.78. The van der Waals surface area contributed by atoms with Crippen molar-refractivity contribution in [2.45, 2.75) is 47.1 Å². The number of carboxylic acids is 1. The Morgan fingerprint density at radius 2 is 1.90 bits per heavy atom. The maximum atomic E-state index is 11.7. The van der Waals surface area contributed by atoms with E-state index in [9.17, 15) is 9.90 Å². The Bertz CT molecular complexity index is 538. The lowest BCUT2D eigenvalue weighted by Gasteiger charge is -2.31. The number of aryl methyl sites for hydroxylation is 2. The van der Waals surface area contributed by atoms with Gasteiger partial charge in [-0.25, -0.2) is 0 Å². The number of carbonyl (C=O) groups is 1. The zero-order valence-corrected chi connectivity index (χ0v) is 13.8. The van der Waals surface area contributed by atoms with Gasteiger partial charge in [-0.1, -0.05) is 32.0 Å². The Balaban J connectivity index is 2.20. The minimum absolute atomic E-state index is 0.159. The first-order valence-corrected chi connectivity index (χ1v) is 7.82. The largest absolute Gasteiger partial charge is 0.481 e. The minimum Gasteiger partial charge on any atom is -0.481 e. The van der Waals surface area contributed by atoms with Gasteiger partial charge in [0.2, 0.25) is 0 Å². The number of hydrogen-bond donors (Lipinski definition) is 1. The molecule has 1 saturated heterocycles. The lowest BCUT2D eigenvalue weighted by Crippen LogP contribution is -2.39. The van der Waals surface area contributed by atoms with Gasteiger partial charge in [0.25, 0.3) is 0 Å². The standard InChI is InChI=1S/C18H27NO2/c1-12(2)18(17(20)21)8-9-19(11-18)15(5)16-7-6-13(3)14(4)10-16/h6-7,10,12,15H,8-9,11H2,1-5H3,(H,20,21). The first-order valence-electron chi connectivity index (χ1n) is 7.82. The van der Waals surface area contributed by atoms with Gasteiger partial charge in [0, 0.05) is 12.6 Å². The van der Waals surface area contributed by atoms with Gasteiger partial charge in [-0.3, -0.25) is 9.69 Å². The number of aliphatic carboxylic acids is 1. The Labute approximate surface area is 128 Å². The van der Waals surface area contributed by atoms with Crippen LogP contribution >= 0.6 is 0 Å². The van der Waals surface area contributed by atoms with Gasteiger partial charge in [-0.15, -0.1) is 0 Å². The molecule has 0 radical (unpaired) electrons. The molecule has 0 amide bonds. The Morgan fingerprint density at radius 1 is 1.24 bits per heavy atom. The maximum Gasteiger partial charge on any atom is 0.311 e. The summed E-state index contributed by atoms with van der Waals surface area (Å²) in [4.78, 5) is 14.1. The molecule has 0 spiro atoms. The topological polar surface area (TPSA) is 40.5 Å².